The van der Waals surface area contributed by atoms with Crippen molar-refractivity contribution in [1.29, 1.82) is 0 Å². The van der Waals surface area contributed by atoms with E-state index in [1.54, 1.807) is 0 Å². The van der Waals surface area contributed by atoms with E-state index in [9.17, 15) is 0 Å². The number of benzene rings is 2. The van der Waals surface area contributed by atoms with Crippen LogP contribution in [0.2, 0.25) is 0 Å². The Morgan fingerprint density at radius 2 is 1.80 bits per heavy atom. The van der Waals surface area contributed by atoms with Gasteiger partial charge in [-0.3, -0.25) is 0 Å². The lowest BCUT2D eigenvalue weighted by molar-refractivity contribution is 0.552. The predicted octanol–water partition coefficient (Wildman–Crippen LogP) is 3.99. The lowest BCUT2D eigenvalue weighted by atomic mass is 9.79. The highest BCUT2D eigenvalue weighted by Gasteiger charge is 2.38. The molecule has 2 N–H and O–H groups in total. The molecule has 3 rings (SSSR count). The van der Waals surface area contributed by atoms with Gasteiger partial charge in [-0.25, -0.2) is 0 Å². The molecular weight excluding hydrogens is 246 g/mol. The number of nitrogen functional groups attached to an aromatic ring is 1. The first-order valence-corrected chi connectivity index (χ1v) is 6.95. The molecule has 0 amide bonds. The lowest BCUT2D eigenvalue weighted by Gasteiger charge is -2.28. The Labute approximate surface area is 119 Å². The van der Waals surface area contributed by atoms with E-state index in [1.807, 2.05) is 18.2 Å². The minimum Gasteiger partial charge on any atom is -0.398 e. The van der Waals surface area contributed by atoms with Gasteiger partial charge in [0.25, 0.3) is 0 Å². The van der Waals surface area contributed by atoms with Gasteiger partial charge < -0.3 is 5.73 Å². The van der Waals surface area contributed by atoms with E-state index in [1.165, 1.54) is 5.56 Å². The molecule has 1 atom stereocenters. The minimum atomic E-state index is -0.413. The zero-order chi connectivity index (χ0) is 14.2. The number of nitrogens with zero attached hydrogens (tertiary/aromatic N) is 2. The summed E-state index contributed by atoms with van der Waals surface area (Å²) in [7, 11) is 0. The van der Waals surface area contributed by atoms with Crippen LogP contribution in [-0.2, 0) is 5.54 Å². The van der Waals surface area contributed by atoms with Crippen LogP contribution in [0.25, 0.3) is 0 Å². The fourth-order valence-electron chi connectivity index (χ4n) is 2.89. The fraction of sp³-hybridized carbons (Fsp3) is 0.294. The summed E-state index contributed by atoms with van der Waals surface area (Å²) in [6.07, 6.45) is 0.879. The summed E-state index contributed by atoms with van der Waals surface area (Å²) in [5.74, 6) is 0. The molecule has 1 heterocycles. The van der Waals surface area contributed by atoms with E-state index in [4.69, 9.17) is 5.73 Å². The van der Waals surface area contributed by atoms with Crippen molar-refractivity contribution in [3.63, 3.8) is 0 Å². The second-order valence-corrected chi connectivity index (χ2v) is 5.41. The number of nitrogens with two attached hydrogens (primary N) is 1. The van der Waals surface area contributed by atoms with Gasteiger partial charge in [0, 0.05) is 17.7 Å². The third kappa shape index (κ3) is 1.82. The van der Waals surface area contributed by atoms with Crippen LogP contribution in [0, 0.1) is 13.8 Å². The topological polar surface area (TPSA) is 50.7 Å². The smallest absolute Gasteiger partial charge is 0.135 e. The van der Waals surface area contributed by atoms with E-state index in [-0.39, 0.29) is 0 Å². The summed E-state index contributed by atoms with van der Waals surface area (Å²) in [5, 5.41) is 8.84. The first kappa shape index (κ1) is 12.9. The SMILES string of the molecule is Cc1ccc(C2(c3ccccc3)CCN=N2)c(N)c1C. The average Bonchev–Trinajstić information content (AvgIpc) is 2.96. The van der Waals surface area contributed by atoms with E-state index in [2.05, 4.69) is 48.3 Å². The number of hydrogen-bond donors (Lipinski definition) is 1. The van der Waals surface area contributed by atoms with E-state index >= 15 is 0 Å². The number of azo groups is 1. The molecule has 3 heteroatoms. The van der Waals surface area contributed by atoms with Crippen LogP contribution >= 0.6 is 0 Å². The van der Waals surface area contributed by atoms with Crippen LogP contribution in [0.5, 0.6) is 0 Å². The maximum atomic E-state index is 6.38. The number of hydrogen-bond acceptors (Lipinski definition) is 3. The molecular formula is C17H19N3. The first-order valence-electron chi connectivity index (χ1n) is 6.95. The molecule has 1 unspecified atom stereocenters. The van der Waals surface area contributed by atoms with E-state index < -0.39 is 5.54 Å². The lowest BCUT2D eigenvalue weighted by Crippen LogP contribution is -2.25. The van der Waals surface area contributed by atoms with Crippen LogP contribution in [0.4, 0.5) is 5.69 Å². The molecule has 1 aliphatic rings. The van der Waals surface area contributed by atoms with Crippen molar-refractivity contribution in [1.82, 2.24) is 0 Å². The molecule has 0 saturated carbocycles. The van der Waals surface area contributed by atoms with Crippen LogP contribution < -0.4 is 5.73 Å². The van der Waals surface area contributed by atoms with Gasteiger partial charge in [0.05, 0.1) is 6.54 Å². The summed E-state index contributed by atoms with van der Waals surface area (Å²) >= 11 is 0. The maximum Gasteiger partial charge on any atom is 0.135 e. The summed E-state index contributed by atoms with van der Waals surface area (Å²) < 4.78 is 0. The van der Waals surface area contributed by atoms with Crippen LogP contribution in [-0.4, -0.2) is 6.54 Å². The zero-order valence-corrected chi connectivity index (χ0v) is 11.9. The molecule has 0 fully saturated rings. The van der Waals surface area contributed by atoms with Gasteiger partial charge in [0.2, 0.25) is 0 Å². The second kappa shape index (κ2) is 4.75. The van der Waals surface area contributed by atoms with Crippen LogP contribution in [0.3, 0.4) is 0 Å². The van der Waals surface area contributed by atoms with Crippen molar-refractivity contribution < 1.29 is 0 Å². The number of rotatable bonds is 2. The average molecular weight is 265 g/mol. The minimum absolute atomic E-state index is 0.413. The Kier molecular flexibility index (Phi) is 3.05. The van der Waals surface area contributed by atoms with E-state index in [0.717, 1.165) is 35.3 Å². The number of aryl methyl sites for hydroxylation is 1. The van der Waals surface area contributed by atoms with Crippen molar-refractivity contribution in [3.05, 3.63) is 64.7 Å². The highest BCUT2D eigenvalue weighted by molar-refractivity contribution is 5.61. The monoisotopic (exact) mass is 265 g/mol. The zero-order valence-electron chi connectivity index (χ0n) is 11.9. The van der Waals surface area contributed by atoms with Crippen molar-refractivity contribution in [2.75, 3.05) is 12.3 Å². The van der Waals surface area contributed by atoms with Gasteiger partial charge in [-0.2, -0.15) is 10.2 Å². The van der Waals surface area contributed by atoms with Gasteiger partial charge in [-0.1, -0.05) is 42.5 Å². The van der Waals surface area contributed by atoms with Gasteiger partial charge >= 0.3 is 0 Å². The summed E-state index contributed by atoms with van der Waals surface area (Å²) in [5.41, 5.74) is 11.4. The molecule has 0 radical (unpaired) electrons. The van der Waals surface area contributed by atoms with Crippen molar-refractivity contribution in [3.8, 4) is 0 Å². The number of anilines is 1. The maximum absolute atomic E-state index is 6.38. The molecule has 0 aliphatic carbocycles. The standard InChI is InChI=1S/C17H19N3/c1-12-8-9-15(16(18)13(12)2)17(10-11-19-20-17)14-6-4-3-5-7-14/h3-9H,10-11,18H2,1-2H3. The third-order valence-electron chi connectivity index (χ3n) is 4.30. The fourth-order valence-corrected chi connectivity index (χ4v) is 2.89. The highest BCUT2D eigenvalue weighted by Crippen LogP contribution is 2.44. The predicted molar refractivity (Wildman–Crippen MR) is 81.9 cm³/mol. The second-order valence-electron chi connectivity index (χ2n) is 5.41. The Bertz CT molecular complexity index is 661. The molecule has 2 aromatic carbocycles. The van der Waals surface area contributed by atoms with Gasteiger partial charge in [0.1, 0.15) is 5.54 Å². The van der Waals surface area contributed by atoms with Gasteiger partial charge in [-0.15, -0.1) is 0 Å². The molecule has 0 spiro atoms. The van der Waals surface area contributed by atoms with E-state index in [0.29, 0.717) is 0 Å². The summed E-state index contributed by atoms with van der Waals surface area (Å²) in [6, 6.07) is 14.6. The highest BCUT2D eigenvalue weighted by atomic mass is 15.2. The Morgan fingerprint density at radius 1 is 1.05 bits per heavy atom. The Morgan fingerprint density at radius 3 is 2.45 bits per heavy atom. The molecule has 0 aromatic heterocycles. The molecule has 1 aliphatic heterocycles. The van der Waals surface area contributed by atoms with Gasteiger partial charge in [-0.05, 0) is 30.5 Å². The Balaban J connectivity index is 2.23. The first-order chi connectivity index (χ1) is 9.65. The third-order valence-corrected chi connectivity index (χ3v) is 4.30. The molecule has 102 valence electrons. The molecule has 0 bridgehead atoms. The van der Waals surface area contributed by atoms with Crippen LogP contribution in [0.15, 0.2) is 52.7 Å². The normalized spacial score (nSPS) is 21.3. The summed E-state index contributed by atoms with van der Waals surface area (Å²) in [4.78, 5) is 0. The molecule has 0 saturated heterocycles. The molecule has 3 nitrogen and oxygen atoms in total. The van der Waals surface area contributed by atoms with Crippen molar-refractivity contribution in [2.45, 2.75) is 25.8 Å². The quantitative estimate of drug-likeness (QED) is 0.820. The largest absolute Gasteiger partial charge is 0.398 e. The van der Waals surface area contributed by atoms with Crippen LogP contribution in [0.1, 0.15) is 28.7 Å². The summed E-state index contributed by atoms with van der Waals surface area (Å²) in [6.45, 7) is 4.90. The molecule has 2 aromatic rings. The Hall–Kier alpha value is -2.16. The molecule has 20 heavy (non-hydrogen) atoms. The van der Waals surface area contributed by atoms with Gasteiger partial charge in [0.15, 0.2) is 0 Å². The van der Waals surface area contributed by atoms with Crippen molar-refractivity contribution >= 4 is 5.69 Å². The van der Waals surface area contributed by atoms with Crippen molar-refractivity contribution in [2.24, 2.45) is 10.2 Å².